The molecule has 288 valence electrons. The molecule has 2 aromatic heterocycles. The van der Waals surface area contributed by atoms with Gasteiger partial charge in [-0.1, -0.05) is 24.3 Å². The molecule has 3 N–H and O–H groups in total. The third-order valence-electron chi connectivity index (χ3n) is 7.60. The Morgan fingerprint density at radius 1 is 0.714 bits per heavy atom. The SMILES string of the molecule is CCOC(=O)c1csc(COc2ccc(I)cc2)n1.O=C(O)c1csc(COc2ccc(-c3ccc4c(c3)OCO4)cc2)n1.OB(O)c1ccc2c(c1)OCO2. The van der Waals surface area contributed by atoms with E-state index in [2.05, 4.69) is 32.6 Å². The number of halogens is 1. The van der Waals surface area contributed by atoms with Gasteiger partial charge in [-0.3, -0.25) is 0 Å². The van der Waals surface area contributed by atoms with Gasteiger partial charge in [0.1, 0.15) is 34.7 Å². The van der Waals surface area contributed by atoms with Crippen molar-refractivity contribution in [2.24, 2.45) is 0 Å². The number of esters is 1. The van der Waals surface area contributed by atoms with Gasteiger partial charge in [0, 0.05) is 14.3 Å². The number of carbonyl (C=O) groups excluding carboxylic acids is 1. The minimum absolute atomic E-state index is 0.0433. The van der Waals surface area contributed by atoms with E-state index < -0.39 is 13.1 Å². The zero-order valence-corrected chi connectivity index (χ0v) is 33.2. The average Bonchev–Trinajstić information content (AvgIpc) is 4.05. The van der Waals surface area contributed by atoms with E-state index in [0.717, 1.165) is 37.0 Å². The number of thiazole rings is 2. The van der Waals surface area contributed by atoms with Crippen molar-refractivity contribution >= 4 is 69.8 Å². The second-order valence-electron chi connectivity index (χ2n) is 11.4. The normalized spacial score (nSPS) is 11.7. The zero-order chi connectivity index (χ0) is 39.4. The van der Waals surface area contributed by atoms with Gasteiger partial charge in [-0.05, 0) is 107 Å². The molecule has 6 aromatic rings. The number of fused-ring (bicyclic) bond motifs is 2. The highest BCUT2D eigenvalue weighted by molar-refractivity contribution is 14.1. The molecule has 18 heteroatoms. The Morgan fingerprint density at radius 2 is 1.23 bits per heavy atom. The summed E-state index contributed by atoms with van der Waals surface area (Å²) in [6.07, 6.45) is 0. The van der Waals surface area contributed by atoms with Gasteiger partial charge < -0.3 is 48.3 Å². The number of carboxylic acid groups (broad SMARTS) is 1. The van der Waals surface area contributed by atoms with Crippen LogP contribution in [0.1, 0.15) is 37.9 Å². The molecule has 0 unspecified atom stereocenters. The van der Waals surface area contributed by atoms with Gasteiger partial charge in [0.15, 0.2) is 34.4 Å². The molecule has 0 saturated heterocycles. The molecule has 56 heavy (non-hydrogen) atoms. The number of carboxylic acids is 1. The highest BCUT2D eigenvalue weighted by atomic mass is 127. The Balaban J connectivity index is 0.000000152. The summed E-state index contributed by atoms with van der Waals surface area (Å²) in [6.45, 7) is 3.16. The maximum Gasteiger partial charge on any atom is 0.488 e. The Hall–Kier alpha value is -5.41. The topological polar surface area (TPSA) is 185 Å². The molecular weight excluding hydrogens is 878 g/mol. The summed E-state index contributed by atoms with van der Waals surface area (Å²) < 4.78 is 38.1. The molecule has 0 fully saturated rings. The number of rotatable bonds is 11. The van der Waals surface area contributed by atoms with Gasteiger partial charge in [-0.25, -0.2) is 19.6 Å². The summed E-state index contributed by atoms with van der Waals surface area (Å²) in [7, 11) is -1.46. The van der Waals surface area contributed by atoms with E-state index in [9.17, 15) is 9.59 Å². The lowest BCUT2D eigenvalue weighted by Gasteiger charge is -2.07. The van der Waals surface area contributed by atoms with E-state index in [1.807, 2.05) is 66.7 Å². The highest BCUT2D eigenvalue weighted by Crippen LogP contribution is 2.36. The van der Waals surface area contributed by atoms with Gasteiger partial charge >= 0.3 is 19.1 Å². The number of aromatic nitrogens is 2. The monoisotopic (exact) mass is 910 g/mol. The number of nitrogens with zero attached hydrogens (tertiary/aromatic N) is 2. The van der Waals surface area contributed by atoms with Crippen LogP contribution in [-0.4, -0.2) is 64.4 Å². The number of hydrogen-bond donors (Lipinski definition) is 3. The van der Waals surface area contributed by atoms with Crippen molar-refractivity contribution < 1.29 is 57.9 Å². The first-order valence-electron chi connectivity index (χ1n) is 16.7. The van der Waals surface area contributed by atoms with Crippen molar-refractivity contribution in [2.75, 3.05) is 20.2 Å². The molecule has 0 amide bonds. The fourth-order valence-corrected chi connectivity index (χ4v) is 6.58. The van der Waals surface area contributed by atoms with Crippen LogP contribution in [0.15, 0.2) is 95.7 Å². The van der Waals surface area contributed by atoms with E-state index >= 15 is 0 Å². The molecule has 2 aliphatic rings. The molecule has 8 rings (SSSR count). The van der Waals surface area contributed by atoms with Crippen LogP contribution in [0, 0.1) is 3.57 Å². The lowest BCUT2D eigenvalue weighted by atomic mass is 9.80. The van der Waals surface area contributed by atoms with E-state index in [0.29, 0.717) is 46.6 Å². The molecule has 0 radical (unpaired) electrons. The van der Waals surface area contributed by atoms with Crippen LogP contribution < -0.4 is 33.9 Å². The Kier molecular flexibility index (Phi) is 14.0. The molecule has 2 aliphatic heterocycles. The van der Waals surface area contributed by atoms with Gasteiger partial charge in [0.05, 0.1) is 6.61 Å². The zero-order valence-electron chi connectivity index (χ0n) is 29.5. The summed E-state index contributed by atoms with van der Waals surface area (Å²) in [5.41, 5.74) is 2.85. The van der Waals surface area contributed by atoms with Crippen molar-refractivity contribution in [1.29, 1.82) is 0 Å². The summed E-state index contributed by atoms with van der Waals surface area (Å²) in [6, 6.07) is 26.0. The summed E-state index contributed by atoms with van der Waals surface area (Å²) in [5, 5.41) is 31.1. The predicted molar refractivity (Wildman–Crippen MR) is 215 cm³/mol. The number of aromatic carboxylic acids is 1. The number of carbonyl (C=O) groups is 2. The maximum absolute atomic E-state index is 11.5. The van der Waals surface area contributed by atoms with Gasteiger partial charge in [0.25, 0.3) is 0 Å². The third kappa shape index (κ3) is 11.1. The number of ether oxygens (including phenoxy) is 7. The molecule has 0 aliphatic carbocycles. The van der Waals surface area contributed by atoms with Crippen LogP contribution in [0.2, 0.25) is 0 Å². The highest BCUT2D eigenvalue weighted by Gasteiger charge is 2.18. The molecule has 4 heterocycles. The van der Waals surface area contributed by atoms with Crippen molar-refractivity contribution in [3.63, 3.8) is 0 Å². The summed E-state index contributed by atoms with van der Waals surface area (Å²) >= 11 is 4.89. The number of hydrogen-bond acceptors (Lipinski definition) is 15. The molecular formula is C38H32BIN2O12S2. The van der Waals surface area contributed by atoms with Crippen molar-refractivity contribution in [2.45, 2.75) is 20.1 Å². The molecule has 0 atom stereocenters. The van der Waals surface area contributed by atoms with E-state index in [4.69, 9.17) is 48.3 Å². The third-order valence-corrected chi connectivity index (χ3v) is 9.96. The van der Waals surface area contributed by atoms with Crippen LogP contribution in [0.3, 0.4) is 0 Å². The van der Waals surface area contributed by atoms with Crippen LogP contribution in [-0.2, 0) is 18.0 Å². The van der Waals surface area contributed by atoms with Crippen molar-refractivity contribution in [3.05, 3.63) is 121 Å². The van der Waals surface area contributed by atoms with Gasteiger partial charge in [0.2, 0.25) is 13.6 Å². The van der Waals surface area contributed by atoms with Gasteiger partial charge in [-0.2, -0.15) is 0 Å². The second-order valence-corrected chi connectivity index (χ2v) is 14.5. The van der Waals surface area contributed by atoms with Gasteiger partial charge in [-0.15, -0.1) is 22.7 Å². The molecule has 0 spiro atoms. The van der Waals surface area contributed by atoms with E-state index in [1.165, 1.54) is 28.1 Å². The summed E-state index contributed by atoms with van der Waals surface area (Å²) in [4.78, 5) is 30.4. The first-order valence-corrected chi connectivity index (χ1v) is 19.5. The predicted octanol–water partition coefficient (Wildman–Crippen LogP) is 6.41. The standard InChI is InChI=1S/C18H13NO5S.C13H12INO3S.C7H7BO4/c20-18(21)14-9-25-17(19-14)8-22-13-4-1-11(2-5-13)12-3-6-15-16(7-12)24-10-23-15;1-2-17-13(16)11-8-19-12(15-11)7-18-10-5-3-9(14)4-6-10;9-8(10)5-1-2-6-7(3-5)12-4-11-6/h1-7,9H,8,10H2,(H,20,21);3-6,8H,2,7H2,1H3;1-3,9-10H,4H2. The van der Waals surface area contributed by atoms with E-state index in [1.54, 1.807) is 30.5 Å². The Labute approximate surface area is 342 Å². The quantitative estimate of drug-likeness (QED) is 0.0736. The Morgan fingerprint density at radius 3 is 1.80 bits per heavy atom. The molecule has 14 nitrogen and oxygen atoms in total. The van der Waals surface area contributed by atoms with Crippen molar-refractivity contribution in [3.8, 4) is 45.6 Å². The minimum Gasteiger partial charge on any atom is -0.486 e. The lowest BCUT2D eigenvalue weighted by molar-refractivity contribution is 0.0519. The Bertz CT molecular complexity index is 2250. The smallest absolute Gasteiger partial charge is 0.486 e. The second kappa shape index (κ2) is 19.5. The van der Waals surface area contributed by atoms with Crippen LogP contribution in [0.4, 0.5) is 0 Å². The average molecular weight is 911 g/mol. The molecule has 0 saturated carbocycles. The first-order chi connectivity index (χ1) is 27.1. The minimum atomic E-state index is -1.46. The maximum atomic E-state index is 11.5. The molecule has 0 bridgehead atoms. The van der Waals surface area contributed by atoms with E-state index in [-0.39, 0.29) is 31.9 Å². The lowest BCUT2D eigenvalue weighted by Crippen LogP contribution is -2.29. The van der Waals surface area contributed by atoms with Crippen LogP contribution >= 0.6 is 45.3 Å². The van der Waals surface area contributed by atoms with Crippen molar-refractivity contribution in [1.82, 2.24) is 9.97 Å². The van der Waals surface area contributed by atoms with Crippen LogP contribution in [0.25, 0.3) is 11.1 Å². The largest absolute Gasteiger partial charge is 0.488 e. The fraction of sp³-hybridized carbons (Fsp3) is 0.158. The first kappa shape index (κ1) is 40.3. The summed E-state index contributed by atoms with van der Waals surface area (Å²) in [5.74, 6) is 2.75. The number of benzene rings is 4. The fourth-order valence-electron chi connectivity index (χ4n) is 4.87. The van der Waals surface area contributed by atoms with Crippen LogP contribution in [0.5, 0.6) is 34.5 Å². The molecule has 4 aromatic carbocycles.